The fourth-order valence-corrected chi connectivity index (χ4v) is 3.18. The Morgan fingerprint density at radius 3 is 2.66 bits per heavy atom. The first-order chi connectivity index (χ1) is 13.9. The van der Waals surface area contributed by atoms with Crippen molar-refractivity contribution in [3.8, 4) is 0 Å². The molecule has 2 aromatic carbocycles. The number of ketones is 1. The molecule has 0 saturated heterocycles. The van der Waals surface area contributed by atoms with Gasteiger partial charge in [0.05, 0.1) is 17.8 Å². The van der Waals surface area contributed by atoms with E-state index in [9.17, 15) is 23.2 Å². The predicted octanol–water partition coefficient (Wildman–Crippen LogP) is 2.71. The number of aromatic nitrogens is 1. The van der Waals surface area contributed by atoms with Crippen molar-refractivity contribution >= 4 is 28.6 Å². The van der Waals surface area contributed by atoms with E-state index in [1.807, 2.05) is 0 Å². The molecule has 0 aliphatic carbocycles. The molecule has 4 rings (SSSR count). The van der Waals surface area contributed by atoms with Crippen molar-refractivity contribution in [2.75, 3.05) is 6.61 Å². The molecule has 2 heterocycles. The van der Waals surface area contributed by atoms with Crippen LogP contribution in [0.2, 0.25) is 0 Å². The normalized spacial score (nSPS) is 13.3. The van der Waals surface area contributed by atoms with Crippen molar-refractivity contribution in [1.29, 1.82) is 0 Å². The van der Waals surface area contributed by atoms with E-state index < -0.39 is 29.3 Å². The Balaban J connectivity index is 1.68. The minimum atomic E-state index is -0.964. The molecule has 29 heavy (non-hydrogen) atoms. The molecule has 3 aromatic rings. The maximum Gasteiger partial charge on any atom is 0.333 e. The van der Waals surface area contributed by atoms with Gasteiger partial charge in [0.25, 0.3) is 11.7 Å². The second-order valence-corrected chi connectivity index (χ2v) is 6.46. The van der Waals surface area contributed by atoms with Crippen LogP contribution in [0.5, 0.6) is 0 Å². The molecule has 0 fully saturated rings. The van der Waals surface area contributed by atoms with Gasteiger partial charge in [-0.3, -0.25) is 9.59 Å². The van der Waals surface area contributed by atoms with Gasteiger partial charge in [-0.05, 0) is 12.1 Å². The highest BCUT2D eigenvalue weighted by Crippen LogP contribution is 2.24. The van der Waals surface area contributed by atoms with E-state index in [4.69, 9.17) is 0 Å². The van der Waals surface area contributed by atoms with Crippen molar-refractivity contribution < 1.29 is 27.9 Å². The van der Waals surface area contributed by atoms with Crippen LogP contribution < -0.4 is 5.32 Å². The van der Waals surface area contributed by atoms with Gasteiger partial charge in [-0.2, -0.15) is 0 Å². The van der Waals surface area contributed by atoms with Gasteiger partial charge in [0, 0.05) is 28.7 Å². The minimum Gasteiger partial charge on any atom is -0.456 e. The first-order valence-corrected chi connectivity index (χ1v) is 8.68. The fraction of sp³-hybridized carbons (Fsp3) is 0.0952. The van der Waals surface area contributed by atoms with Crippen molar-refractivity contribution in [1.82, 2.24) is 9.88 Å². The molecular formula is C21H14F2N2O4. The number of para-hydroxylation sites is 1. The van der Waals surface area contributed by atoms with E-state index in [0.717, 1.165) is 12.1 Å². The maximum atomic E-state index is 14.1. The molecule has 0 spiro atoms. The molecule has 1 aliphatic heterocycles. The quantitative estimate of drug-likeness (QED) is 0.409. The SMILES string of the molecule is O=C1C=C(NC(=O)C(=O)c2cn(Cc3cccc(F)c3F)c3ccccc23)CO1. The van der Waals surface area contributed by atoms with E-state index in [1.165, 1.54) is 18.3 Å². The van der Waals surface area contributed by atoms with Gasteiger partial charge in [0.15, 0.2) is 11.6 Å². The van der Waals surface area contributed by atoms with E-state index in [-0.39, 0.29) is 30.0 Å². The number of hydrogen-bond donors (Lipinski definition) is 1. The van der Waals surface area contributed by atoms with Gasteiger partial charge in [-0.15, -0.1) is 0 Å². The van der Waals surface area contributed by atoms with Crippen molar-refractivity contribution in [2.45, 2.75) is 6.54 Å². The van der Waals surface area contributed by atoms with Crippen LogP contribution in [0.15, 0.2) is 60.4 Å². The number of carbonyl (C=O) groups excluding carboxylic acids is 3. The van der Waals surface area contributed by atoms with E-state index in [0.29, 0.717) is 10.9 Å². The van der Waals surface area contributed by atoms with Crippen LogP contribution in [0.4, 0.5) is 8.78 Å². The summed E-state index contributed by atoms with van der Waals surface area (Å²) in [4.78, 5) is 36.1. The van der Waals surface area contributed by atoms with Gasteiger partial charge < -0.3 is 14.6 Å². The predicted molar refractivity (Wildman–Crippen MR) is 98.9 cm³/mol. The Kier molecular flexibility index (Phi) is 4.67. The molecule has 1 aromatic heterocycles. The Morgan fingerprint density at radius 1 is 1.10 bits per heavy atom. The number of benzene rings is 2. The van der Waals surface area contributed by atoms with Crippen LogP contribution >= 0.6 is 0 Å². The number of halogens is 2. The van der Waals surface area contributed by atoms with Crippen molar-refractivity contribution in [3.05, 3.63) is 83.2 Å². The molecule has 8 heteroatoms. The van der Waals surface area contributed by atoms with Crippen LogP contribution in [-0.4, -0.2) is 28.8 Å². The van der Waals surface area contributed by atoms with Crippen LogP contribution in [0.25, 0.3) is 10.9 Å². The third-order valence-corrected chi connectivity index (χ3v) is 4.55. The Morgan fingerprint density at radius 2 is 1.90 bits per heavy atom. The summed E-state index contributed by atoms with van der Waals surface area (Å²) in [6.45, 7) is -0.134. The number of carbonyl (C=O) groups is 3. The van der Waals surface area contributed by atoms with Crippen LogP contribution in [0.1, 0.15) is 15.9 Å². The molecule has 0 atom stereocenters. The number of esters is 1. The molecule has 1 N–H and O–H groups in total. The summed E-state index contributed by atoms with van der Waals surface area (Å²) in [5.41, 5.74) is 1.01. The third kappa shape index (κ3) is 3.52. The van der Waals surface area contributed by atoms with Gasteiger partial charge in [-0.25, -0.2) is 13.6 Å². The molecule has 146 valence electrons. The molecule has 0 radical (unpaired) electrons. The maximum absolute atomic E-state index is 14.1. The standard InChI is InChI=1S/C21H14F2N2O4/c22-16-6-3-4-12(19(16)23)9-25-10-15(14-5-1-2-7-17(14)25)20(27)21(28)24-13-8-18(26)29-11-13/h1-8,10H,9,11H2,(H,24,28). The largest absolute Gasteiger partial charge is 0.456 e. The number of fused-ring (bicyclic) bond motifs is 1. The third-order valence-electron chi connectivity index (χ3n) is 4.55. The minimum absolute atomic E-state index is 0.0213. The summed E-state index contributed by atoms with van der Waals surface area (Å²) in [7, 11) is 0. The van der Waals surface area contributed by atoms with Gasteiger partial charge in [0.1, 0.15) is 6.61 Å². The highest BCUT2D eigenvalue weighted by Gasteiger charge is 2.24. The highest BCUT2D eigenvalue weighted by molar-refractivity contribution is 6.45. The molecule has 1 amide bonds. The smallest absolute Gasteiger partial charge is 0.333 e. The number of hydrogen-bond acceptors (Lipinski definition) is 4. The lowest BCUT2D eigenvalue weighted by atomic mass is 10.1. The molecular weight excluding hydrogens is 382 g/mol. The number of amides is 1. The number of Topliss-reactive ketones (excluding diaryl/α,β-unsaturated/α-hetero) is 1. The fourth-order valence-electron chi connectivity index (χ4n) is 3.18. The van der Waals surface area contributed by atoms with Crippen LogP contribution in [0, 0.1) is 11.6 Å². The number of nitrogens with zero attached hydrogens (tertiary/aromatic N) is 1. The Labute approximate surface area is 163 Å². The first kappa shape index (κ1) is 18.5. The van der Waals surface area contributed by atoms with Crippen molar-refractivity contribution in [3.63, 3.8) is 0 Å². The first-order valence-electron chi connectivity index (χ1n) is 8.68. The number of rotatable bonds is 5. The second kappa shape index (κ2) is 7.31. The lowest BCUT2D eigenvalue weighted by Crippen LogP contribution is -2.31. The van der Waals surface area contributed by atoms with Gasteiger partial charge in [0.2, 0.25) is 0 Å². The monoisotopic (exact) mass is 396 g/mol. The zero-order valence-electron chi connectivity index (χ0n) is 14.9. The summed E-state index contributed by atoms with van der Waals surface area (Å²) < 4.78 is 33.9. The average Bonchev–Trinajstić information content (AvgIpc) is 3.28. The molecule has 0 unspecified atom stereocenters. The number of cyclic esters (lactones) is 1. The van der Waals surface area contributed by atoms with Crippen LogP contribution in [-0.2, 0) is 20.9 Å². The topological polar surface area (TPSA) is 77.4 Å². The lowest BCUT2D eigenvalue weighted by Gasteiger charge is -2.07. The van der Waals surface area contributed by atoms with Gasteiger partial charge >= 0.3 is 5.97 Å². The zero-order chi connectivity index (χ0) is 20.5. The van der Waals surface area contributed by atoms with E-state index >= 15 is 0 Å². The summed E-state index contributed by atoms with van der Waals surface area (Å²) >= 11 is 0. The summed E-state index contributed by atoms with van der Waals surface area (Å²) in [5, 5.41) is 2.85. The van der Waals surface area contributed by atoms with Gasteiger partial charge in [-0.1, -0.05) is 30.3 Å². The number of ether oxygens (including phenoxy) is 1. The molecule has 1 aliphatic rings. The lowest BCUT2D eigenvalue weighted by molar-refractivity contribution is -0.135. The summed E-state index contributed by atoms with van der Waals surface area (Å²) in [6, 6.07) is 10.7. The molecule has 6 nitrogen and oxygen atoms in total. The summed E-state index contributed by atoms with van der Waals surface area (Å²) in [6.07, 6.45) is 2.53. The highest BCUT2D eigenvalue weighted by atomic mass is 19.2. The van der Waals surface area contributed by atoms with Crippen molar-refractivity contribution in [2.24, 2.45) is 0 Å². The second-order valence-electron chi connectivity index (χ2n) is 6.46. The number of nitrogens with one attached hydrogen (secondary N) is 1. The molecule has 0 saturated carbocycles. The van der Waals surface area contributed by atoms with Crippen LogP contribution in [0.3, 0.4) is 0 Å². The Hall–Kier alpha value is -3.81. The zero-order valence-corrected chi connectivity index (χ0v) is 14.9. The Bertz CT molecular complexity index is 1200. The average molecular weight is 396 g/mol. The summed E-state index contributed by atoms with van der Waals surface area (Å²) in [5.74, 6) is -4.26. The molecule has 0 bridgehead atoms. The van der Waals surface area contributed by atoms with E-state index in [2.05, 4.69) is 10.1 Å². The van der Waals surface area contributed by atoms with E-state index in [1.54, 1.807) is 28.8 Å².